The zero-order valence-electron chi connectivity index (χ0n) is 10.8. The Kier molecular flexibility index (Phi) is 3.03. The predicted octanol–water partition coefficient (Wildman–Crippen LogP) is 2.17. The molecule has 0 aromatic heterocycles. The van der Waals surface area contributed by atoms with Gasteiger partial charge >= 0.3 is 6.03 Å². The number of carbonyl (C=O) groups is 2. The zero-order valence-corrected chi connectivity index (χ0v) is 10.8. The van der Waals surface area contributed by atoms with Crippen LogP contribution in [0.2, 0.25) is 0 Å². The highest BCUT2D eigenvalue weighted by atomic mass is 16.2. The van der Waals surface area contributed by atoms with Gasteiger partial charge in [0.1, 0.15) is 0 Å². The number of nitrogens with zero attached hydrogens (tertiary/aromatic N) is 1. The van der Waals surface area contributed by atoms with Crippen LogP contribution in [-0.2, 0) is 11.2 Å². The number of amides is 3. The third-order valence-electron chi connectivity index (χ3n) is 3.06. The fraction of sp³-hybridized carbons (Fsp3) is 0.357. The van der Waals surface area contributed by atoms with Crippen LogP contribution in [0.4, 0.5) is 4.79 Å². The van der Waals surface area contributed by atoms with Crippen molar-refractivity contribution in [2.24, 2.45) is 10.4 Å². The van der Waals surface area contributed by atoms with Crippen molar-refractivity contribution < 1.29 is 9.59 Å². The van der Waals surface area contributed by atoms with Crippen molar-refractivity contribution in [2.45, 2.75) is 27.2 Å². The zero-order chi connectivity index (χ0) is 13.3. The van der Waals surface area contributed by atoms with Crippen LogP contribution >= 0.6 is 0 Å². The summed E-state index contributed by atoms with van der Waals surface area (Å²) in [7, 11) is 0. The molecule has 1 heterocycles. The molecule has 1 aromatic carbocycles. The molecule has 4 nitrogen and oxygen atoms in total. The third-order valence-corrected chi connectivity index (χ3v) is 3.06. The van der Waals surface area contributed by atoms with Crippen molar-refractivity contribution in [3.63, 3.8) is 0 Å². The fourth-order valence-electron chi connectivity index (χ4n) is 2.25. The van der Waals surface area contributed by atoms with E-state index >= 15 is 0 Å². The van der Waals surface area contributed by atoms with E-state index < -0.39 is 11.4 Å². The number of hydrogen-bond donors (Lipinski definition) is 1. The molecule has 0 spiro atoms. The maximum absolute atomic E-state index is 11.9. The molecule has 1 aliphatic rings. The van der Waals surface area contributed by atoms with Gasteiger partial charge in [-0.1, -0.05) is 29.3 Å². The van der Waals surface area contributed by atoms with Gasteiger partial charge in [0.25, 0.3) is 0 Å². The van der Waals surface area contributed by atoms with E-state index in [4.69, 9.17) is 0 Å². The second-order valence-electron chi connectivity index (χ2n) is 5.11. The lowest BCUT2D eigenvalue weighted by Gasteiger charge is -2.26. The summed E-state index contributed by atoms with van der Waals surface area (Å²) in [4.78, 5) is 26.5. The van der Waals surface area contributed by atoms with Crippen LogP contribution in [-0.4, -0.2) is 18.2 Å². The van der Waals surface area contributed by atoms with E-state index in [1.807, 2.05) is 13.8 Å². The molecule has 94 valence electrons. The van der Waals surface area contributed by atoms with Crippen molar-refractivity contribution in [1.29, 1.82) is 0 Å². The number of carbonyl (C=O) groups excluding carboxylic acids is 2. The van der Waals surface area contributed by atoms with Crippen molar-refractivity contribution in [1.82, 2.24) is 5.32 Å². The van der Waals surface area contributed by atoms with Gasteiger partial charge in [0, 0.05) is 6.21 Å². The van der Waals surface area contributed by atoms with E-state index in [9.17, 15) is 9.59 Å². The molecule has 0 aliphatic carbocycles. The number of urea groups is 1. The van der Waals surface area contributed by atoms with Crippen LogP contribution in [0.1, 0.15) is 23.6 Å². The maximum atomic E-state index is 11.9. The SMILES string of the molecule is Cc1cc(C)cc(CC2(C)C=NC(=O)NC2=O)c1. The quantitative estimate of drug-likeness (QED) is 0.866. The van der Waals surface area contributed by atoms with Crippen LogP contribution in [0.25, 0.3) is 0 Å². The lowest BCUT2D eigenvalue weighted by molar-refractivity contribution is -0.125. The number of aryl methyl sites for hydroxylation is 2. The van der Waals surface area contributed by atoms with Crippen LogP contribution < -0.4 is 5.32 Å². The molecule has 0 fully saturated rings. The van der Waals surface area contributed by atoms with Crippen LogP contribution in [0.5, 0.6) is 0 Å². The number of nitrogens with one attached hydrogen (secondary N) is 1. The van der Waals surface area contributed by atoms with Crippen molar-refractivity contribution >= 4 is 18.2 Å². The molecular formula is C14H16N2O2. The molecule has 1 unspecified atom stereocenters. The largest absolute Gasteiger partial charge is 0.347 e. The second-order valence-corrected chi connectivity index (χ2v) is 5.11. The summed E-state index contributed by atoms with van der Waals surface area (Å²) in [5.74, 6) is -0.290. The molecule has 18 heavy (non-hydrogen) atoms. The van der Waals surface area contributed by atoms with Gasteiger partial charge in [0.15, 0.2) is 0 Å². The minimum absolute atomic E-state index is 0.290. The molecule has 0 saturated carbocycles. The average Bonchev–Trinajstić information content (AvgIpc) is 2.23. The van der Waals surface area contributed by atoms with Gasteiger partial charge < -0.3 is 0 Å². The molecule has 1 atom stereocenters. The van der Waals surface area contributed by atoms with Crippen molar-refractivity contribution in [3.8, 4) is 0 Å². The number of imide groups is 1. The number of hydrogen-bond acceptors (Lipinski definition) is 2. The Bertz CT molecular complexity index is 528. The molecule has 4 heteroatoms. The molecular weight excluding hydrogens is 228 g/mol. The molecule has 0 saturated heterocycles. The Morgan fingerprint density at radius 2 is 1.78 bits per heavy atom. The number of aliphatic imine (C=N–C) groups is 1. The van der Waals surface area contributed by atoms with Crippen molar-refractivity contribution in [3.05, 3.63) is 34.9 Å². The van der Waals surface area contributed by atoms with Crippen LogP contribution in [0.3, 0.4) is 0 Å². The topological polar surface area (TPSA) is 58.5 Å². The molecule has 1 aromatic rings. The van der Waals surface area contributed by atoms with E-state index in [1.54, 1.807) is 6.92 Å². The van der Waals surface area contributed by atoms with Crippen molar-refractivity contribution in [2.75, 3.05) is 0 Å². The molecule has 0 bridgehead atoms. The predicted molar refractivity (Wildman–Crippen MR) is 69.8 cm³/mol. The van der Waals surface area contributed by atoms with Gasteiger partial charge in [-0.25, -0.2) is 9.79 Å². The first-order chi connectivity index (χ1) is 8.39. The first kappa shape index (κ1) is 12.5. The highest BCUT2D eigenvalue weighted by Gasteiger charge is 2.36. The summed E-state index contributed by atoms with van der Waals surface area (Å²) in [6.45, 7) is 5.84. The van der Waals surface area contributed by atoms with Gasteiger partial charge in [-0.3, -0.25) is 10.1 Å². The number of rotatable bonds is 2. The Labute approximate surface area is 106 Å². The Hall–Kier alpha value is -1.97. The van der Waals surface area contributed by atoms with Gasteiger partial charge in [-0.15, -0.1) is 0 Å². The summed E-state index contributed by atoms with van der Waals surface area (Å²) in [6, 6.07) is 5.61. The second kappa shape index (κ2) is 4.37. The summed E-state index contributed by atoms with van der Waals surface area (Å²) in [6.07, 6.45) is 1.99. The van der Waals surface area contributed by atoms with Gasteiger partial charge in [-0.05, 0) is 32.8 Å². The smallest absolute Gasteiger partial charge is 0.275 e. The van der Waals surface area contributed by atoms with Gasteiger partial charge in [0.2, 0.25) is 5.91 Å². The average molecular weight is 244 g/mol. The first-order valence-electron chi connectivity index (χ1n) is 5.87. The first-order valence-corrected chi connectivity index (χ1v) is 5.87. The maximum Gasteiger partial charge on any atom is 0.347 e. The third kappa shape index (κ3) is 2.47. The van der Waals surface area contributed by atoms with Gasteiger partial charge in [-0.2, -0.15) is 0 Å². The lowest BCUT2D eigenvalue weighted by atomic mass is 9.82. The van der Waals surface area contributed by atoms with Crippen LogP contribution in [0.15, 0.2) is 23.2 Å². The van der Waals surface area contributed by atoms with E-state index in [0.717, 1.165) is 16.7 Å². The summed E-state index contributed by atoms with van der Waals surface area (Å²) in [5, 5.41) is 2.24. The number of benzene rings is 1. The van der Waals surface area contributed by atoms with Gasteiger partial charge in [0.05, 0.1) is 5.41 Å². The monoisotopic (exact) mass is 244 g/mol. The minimum atomic E-state index is -0.756. The van der Waals surface area contributed by atoms with E-state index in [0.29, 0.717) is 6.42 Å². The summed E-state index contributed by atoms with van der Waals surface area (Å²) < 4.78 is 0. The lowest BCUT2D eigenvalue weighted by Crippen LogP contribution is -2.47. The highest BCUT2D eigenvalue weighted by Crippen LogP contribution is 2.24. The van der Waals surface area contributed by atoms with E-state index in [1.165, 1.54) is 6.21 Å². The van der Waals surface area contributed by atoms with E-state index in [2.05, 4.69) is 28.5 Å². The Morgan fingerprint density at radius 1 is 1.17 bits per heavy atom. The Morgan fingerprint density at radius 3 is 2.33 bits per heavy atom. The standard InChI is InChI=1S/C14H16N2O2/c1-9-4-10(2)6-11(5-9)7-14(3)8-15-13(18)16-12(14)17/h4-6,8H,7H2,1-3H3,(H,16,17,18). The summed E-state index contributed by atoms with van der Waals surface area (Å²) >= 11 is 0. The van der Waals surface area contributed by atoms with E-state index in [-0.39, 0.29) is 5.91 Å². The minimum Gasteiger partial charge on any atom is -0.275 e. The normalized spacial score (nSPS) is 23.1. The highest BCUT2D eigenvalue weighted by molar-refractivity contribution is 6.12. The molecule has 0 radical (unpaired) electrons. The molecule has 1 aliphatic heterocycles. The molecule has 2 rings (SSSR count). The molecule has 3 amide bonds. The molecule has 1 N–H and O–H groups in total. The Balaban J connectivity index is 2.30. The summed E-state index contributed by atoms with van der Waals surface area (Å²) in [5.41, 5.74) is 2.65. The fourth-order valence-corrected chi connectivity index (χ4v) is 2.25. The van der Waals surface area contributed by atoms with Crippen LogP contribution in [0, 0.1) is 19.3 Å².